The van der Waals surface area contributed by atoms with Crippen LogP contribution < -0.4 is 5.32 Å². The van der Waals surface area contributed by atoms with Crippen molar-refractivity contribution in [3.8, 4) is 6.07 Å². The van der Waals surface area contributed by atoms with Crippen LogP contribution >= 0.6 is 0 Å². The van der Waals surface area contributed by atoms with Crippen LogP contribution in [-0.4, -0.2) is 36.3 Å². The number of amides is 1. The van der Waals surface area contributed by atoms with E-state index in [-0.39, 0.29) is 18.4 Å². The summed E-state index contributed by atoms with van der Waals surface area (Å²) in [6, 6.07) is 9.16. The van der Waals surface area contributed by atoms with Crippen molar-refractivity contribution in [2.45, 2.75) is 12.3 Å². The molecule has 3 atom stereocenters. The smallest absolute Gasteiger partial charge is 0.234 e. The molecule has 2 aliphatic rings. The van der Waals surface area contributed by atoms with Gasteiger partial charge in [-0.2, -0.15) is 5.26 Å². The van der Waals surface area contributed by atoms with Gasteiger partial charge < -0.3 is 15.2 Å². The molecule has 3 rings (SSSR count). The van der Waals surface area contributed by atoms with Crippen LogP contribution in [-0.2, 0) is 9.53 Å². The van der Waals surface area contributed by atoms with Gasteiger partial charge in [-0.1, -0.05) is 12.1 Å². The van der Waals surface area contributed by atoms with Gasteiger partial charge in [-0.15, -0.1) is 0 Å². The predicted molar refractivity (Wildman–Crippen MR) is 69.8 cm³/mol. The number of hydrogen-bond acceptors (Lipinski definition) is 5. The SMILES string of the molecule is N#Cc1ccc(C2COCC3C(=O)NC(O)N=C32)cc1. The number of aliphatic hydroxyl groups excluding tert-OH is 1. The molecule has 0 radical (unpaired) electrons. The molecule has 6 nitrogen and oxygen atoms in total. The Kier molecular flexibility index (Phi) is 3.22. The van der Waals surface area contributed by atoms with Crippen molar-refractivity contribution in [1.29, 1.82) is 5.26 Å². The summed E-state index contributed by atoms with van der Waals surface area (Å²) in [4.78, 5) is 16.0. The van der Waals surface area contributed by atoms with E-state index in [2.05, 4.69) is 16.4 Å². The molecule has 2 aliphatic heterocycles. The number of fused-ring (bicyclic) bond motifs is 1. The molecule has 1 fully saturated rings. The number of nitrogens with one attached hydrogen (secondary N) is 1. The molecule has 1 aromatic rings. The maximum Gasteiger partial charge on any atom is 0.234 e. The highest BCUT2D eigenvalue weighted by molar-refractivity contribution is 6.09. The number of nitriles is 1. The van der Waals surface area contributed by atoms with Gasteiger partial charge in [-0.3, -0.25) is 4.79 Å². The van der Waals surface area contributed by atoms with Crippen LogP contribution in [0.3, 0.4) is 0 Å². The summed E-state index contributed by atoms with van der Waals surface area (Å²) < 4.78 is 5.48. The minimum Gasteiger partial charge on any atom is -0.379 e. The van der Waals surface area contributed by atoms with Gasteiger partial charge in [0.15, 0.2) is 0 Å². The Morgan fingerprint density at radius 1 is 1.30 bits per heavy atom. The van der Waals surface area contributed by atoms with Gasteiger partial charge in [-0.05, 0) is 17.7 Å². The molecule has 3 unspecified atom stereocenters. The van der Waals surface area contributed by atoms with E-state index >= 15 is 0 Å². The van der Waals surface area contributed by atoms with E-state index in [1.54, 1.807) is 12.1 Å². The molecule has 1 saturated heterocycles. The van der Waals surface area contributed by atoms with E-state index in [1.807, 2.05) is 12.1 Å². The highest BCUT2D eigenvalue weighted by Gasteiger charge is 2.39. The number of aliphatic imine (C=N–C) groups is 1. The van der Waals surface area contributed by atoms with E-state index in [1.165, 1.54) is 0 Å². The number of carbonyl (C=O) groups excluding carboxylic acids is 1. The summed E-state index contributed by atoms with van der Waals surface area (Å²) in [7, 11) is 0. The molecule has 0 aromatic heterocycles. The molecule has 0 aliphatic carbocycles. The molecule has 6 heteroatoms. The second-order valence-corrected chi connectivity index (χ2v) is 4.81. The molecule has 0 bridgehead atoms. The highest BCUT2D eigenvalue weighted by atomic mass is 16.5. The lowest BCUT2D eigenvalue weighted by molar-refractivity contribution is -0.129. The van der Waals surface area contributed by atoms with Gasteiger partial charge in [0.05, 0.1) is 24.8 Å². The molecular formula is C14H13N3O3. The minimum absolute atomic E-state index is 0.165. The van der Waals surface area contributed by atoms with Crippen molar-refractivity contribution in [3.63, 3.8) is 0 Å². The third kappa shape index (κ3) is 2.18. The average molecular weight is 271 g/mol. The van der Waals surface area contributed by atoms with E-state index in [9.17, 15) is 9.90 Å². The van der Waals surface area contributed by atoms with Crippen LogP contribution in [0.25, 0.3) is 0 Å². The Bertz CT molecular complexity index is 603. The molecule has 102 valence electrons. The van der Waals surface area contributed by atoms with Crippen LogP contribution in [0.2, 0.25) is 0 Å². The number of carbonyl (C=O) groups is 1. The fourth-order valence-electron chi connectivity index (χ4n) is 2.57. The largest absolute Gasteiger partial charge is 0.379 e. The van der Waals surface area contributed by atoms with Crippen LogP contribution in [0.15, 0.2) is 29.3 Å². The number of ether oxygens (including phenoxy) is 1. The zero-order chi connectivity index (χ0) is 14.1. The monoisotopic (exact) mass is 271 g/mol. The van der Waals surface area contributed by atoms with Crippen molar-refractivity contribution >= 4 is 11.6 Å². The Morgan fingerprint density at radius 3 is 2.70 bits per heavy atom. The standard InChI is InChI=1S/C14H13N3O3/c15-5-8-1-3-9(4-2-8)10-6-20-7-11-12(10)16-14(19)17-13(11)18/h1-4,10-11,14,19H,6-7H2,(H,17,18). The van der Waals surface area contributed by atoms with Crippen molar-refractivity contribution in [2.24, 2.45) is 10.9 Å². The zero-order valence-electron chi connectivity index (χ0n) is 10.6. The van der Waals surface area contributed by atoms with E-state index < -0.39 is 12.3 Å². The average Bonchev–Trinajstić information content (AvgIpc) is 2.47. The molecule has 1 aromatic carbocycles. The second kappa shape index (κ2) is 5.04. The van der Waals surface area contributed by atoms with Gasteiger partial charge in [0.25, 0.3) is 0 Å². The maximum atomic E-state index is 11.8. The number of benzene rings is 1. The number of hydrogen-bond donors (Lipinski definition) is 2. The highest BCUT2D eigenvalue weighted by Crippen LogP contribution is 2.29. The quantitative estimate of drug-likeness (QED) is 0.759. The molecule has 1 amide bonds. The van der Waals surface area contributed by atoms with Gasteiger partial charge in [-0.25, -0.2) is 4.99 Å². The number of nitrogens with zero attached hydrogens (tertiary/aromatic N) is 2. The topological polar surface area (TPSA) is 94.7 Å². The summed E-state index contributed by atoms with van der Waals surface area (Å²) in [5.74, 6) is -0.879. The Labute approximate surface area is 115 Å². The predicted octanol–water partition coefficient (Wildman–Crippen LogP) is 0.135. The zero-order valence-corrected chi connectivity index (χ0v) is 10.6. The van der Waals surface area contributed by atoms with E-state index in [4.69, 9.17) is 10.00 Å². The Morgan fingerprint density at radius 2 is 2.00 bits per heavy atom. The molecule has 0 saturated carbocycles. The summed E-state index contributed by atoms with van der Waals surface area (Å²) >= 11 is 0. The fourth-order valence-corrected chi connectivity index (χ4v) is 2.57. The van der Waals surface area contributed by atoms with Crippen LogP contribution in [0, 0.1) is 17.2 Å². The molecule has 2 heterocycles. The first-order valence-corrected chi connectivity index (χ1v) is 6.33. The number of aliphatic hydroxyl groups is 1. The third-order valence-electron chi connectivity index (χ3n) is 3.58. The molecule has 20 heavy (non-hydrogen) atoms. The van der Waals surface area contributed by atoms with Gasteiger partial charge in [0.2, 0.25) is 12.3 Å². The van der Waals surface area contributed by atoms with Crippen LogP contribution in [0.1, 0.15) is 17.0 Å². The molecular weight excluding hydrogens is 258 g/mol. The van der Waals surface area contributed by atoms with E-state index in [0.717, 1.165) is 5.56 Å². The number of rotatable bonds is 1. The summed E-state index contributed by atoms with van der Waals surface area (Å²) in [6.45, 7) is 0.700. The van der Waals surface area contributed by atoms with Crippen molar-refractivity contribution < 1.29 is 14.6 Å². The third-order valence-corrected chi connectivity index (χ3v) is 3.58. The first kappa shape index (κ1) is 12.8. The van der Waals surface area contributed by atoms with Crippen LogP contribution in [0.5, 0.6) is 0 Å². The Balaban J connectivity index is 1.95. The second-order valence-electron chi connectivity index (χ2n) is 4.81. The lowest BCUT2D eigenvalue weighted by Crippen LogP contribution is -2.52. The van der Waals surface area contributed by atoms with Crippen molar-refractivity contribution in [2.75, 3.05) is 13.2 Å². The lowest BCUT2D eigenvalue weighted by atomic mass is 9.84. The molecule has 2 N–H and O–H groups in total. The fraction of sp³-hybridized carbons (Fsp3) is 0.357. The van der Waals surface area contributed by atoms with Gasteiger partial charge in [0, 0.05) is 11.6 Å². The normalized spacial score (nSPS) is 28.9. The van der Waals surface area contributed by atoms with Crippen LogP contribution in [0.4, 0.5) is 0 Å². The maximum absolute atomic E-state index is 11.8. The Hall–Kier alpha value is -2.23. The van der Waals surface area contributed by atoms with Gasteiger partial charge in [0.1, 0.15) is 5.92 Å². The molecule has 0 spiro atoms. The summed E-state index contributed by atoms with van der Waals surface area (Å²) in [5, 5.41) is 20.7. The van der Waals surface area contributed by atoms with Gasteiger partial charge >= 0.3 is 0 Å². The first-order valence-electron chi connectivity index (χ1n) is 6.33. The van der Waals surface area contributed by atoms with Crippen molar-refractivity contribution in [3.05, 3.63) is 35.4 Å². The summed E-state index contributed by atoms with van der Waals surface area (Å²) in [5.41, 5.74) is 2.15. The lowest BCUT2D eigenvalue weighted by Gasteiger charge is -2.34. The van der Waals surface area contributed by atoms with Crippen molar-refractivity contribution in [1.82, 2.24) is 5.32 Å². The first-order chi connectivity index (χ1) is 9.69. The van der Waals surface area contributed by atoms with E-state index in [0.29, 0.717) is 17.9 Å². The minimum atomic E-state index is -1.19. The summed E-state index contributed by atoms with van der Waals surface area (Å²) in [6.07, 6.45) is -1.19.